The Hall–Kier alpha value is -2.72. The fourth-order valence-electron chi connectivity index (χ4n) is 3.57. The van der Waals surface area contributed by atoms with Crippen molar-refractivity contribution in [2.24, 2.45) is 0 Å². The highest BCUT2D eigenvalue weighted by atomic mass is 16.5. The second-order valence-electron chi connectivity index (χ2n) is 6.45. The molecule has 0 aliphatic carbocycles. The van der Waals surface area contributed by atoms with Crippen molar-refractivity contribution in [1.82, 2.24) is 4.57 Å². The highest BCUT2D eigenvalue weighted by molar-refractivity contribution is 5.53. The van der Waals surface area contributed by atoms with E-state index >= 15 is 0 Å². The van der Waals surface area contributed by atoms with Crippen molar-refractivity contribution in [1.29, 1.82) is 0 Å². The molecule has 1 aliphatic rings. The van der Waals surface area contributed by atoms with Crippen LogP contribution in [0.5, 0.6) is 5.75 Å². The lowest BCUT2D eigenvalue weighted by molar-refractivity contribution is 0.114. The predicted molar refractivity (Wildman–Crippen MR) is 104 cm³/mol. The molecule has 4 nitrogen and oxygen atoms in total. The number of aryl methyl sites for hydroxylation is 1. The normalized spacial score (nSPS) is 16.8. The summed E-state index contributed by atoms with van der Waals surface area (Å²) >= 11 is 0. The van der Waals surface area contributed by atoms with Gasteiger partial charge in [-0.1, -0.05) is 31.2 Å². The maximum atomic E-state index is 6.06. The number of hydrogen-bond donors (Lipinski definition) is 0. The molecule has 0 amide bonds. The molecule has 0 bridgehead atoms. The third kappa shape index (κ3) is 3.08. The van der Waals surface area contributed by atoms with Gasteiger partial charge in [0.25, 0.3) is 0 Å². The summed E-state index contributed by atoms with van der Waals surface area (Å²) < 4.78 is 13.6. The van der Waals surface area contributed by atoms with Crippen molar-refractivity contribution in [3.8, 4) is 11.4 Å². The summed E-state index contributed by atoms with van der Waals surface area (Å²) in [6.07, 6.45) is 5.24. The van der Waals surface area contributed by atoms with Gasteiger partial charge in [-0.05, 0) is 36.2 Å². The van der Waals surface area contributed by atoms with Crippen LogP contribution in [-0.2, 0) is 11.2 Å². The van der Waals surface area contributed by atoms with E-state index in [1.807, 2.05) is 12.1 Å². The van der Waals surface area contributed by atoms with Crippen LogP contribution in [0.25, 0.3) is 5.69 Å². The van der Waals surface area contributed by atoms with Crippen molar-refractivity contribution in [3.05, 3.63) is 78.1 Å². The molecule has 1 fully saturated rings. The van der Waals surface area contributed by atoms with Crippen LogP contribution >= 0.6 is 0 Å². The van der Waals surface area contributed by atoms with Gasteiger partial charge in [0, 0.05) is 41.9 Å². The molecular weight excluding hydrogens is 324 g/mol. The number of hydrogen-bond acceptors (Lipinski definition) is 3. The second kappa shape index (κ2) is 7.26. The molecule has 4 rings (SSSR count). The Morgan fingerprint density at radius 2 is 2.00 bits per heavy atom. The SMILES string of the molecule is CCc1ccccc1-n1ccc([C@H]2OCCN2c2cccc(OC)c2)c1. The first-order chi connectivity index (χ1) is 12.8. The zero-order chi connectivity index (χ0) is 17.9. The molecule has 1 aliphatic heterocycles. The highest BCUT2D eigenvalue weighted by Crippen LogP contribution is 2.34. The van der Waals surface area contributed by atoms with Gasteiger partial charge in [-0.2, -0.15) is 0 Å². The molecule has 1 atom stereocenters. The number of rotatable bonds is 5. The van der Waals surface area contributed by atoms with Crippen molar-refractivity contribution < 1.29 is 9.47 Å². The lowest BCUT2D eigenvalue weighted by Crippen LogP contribution is -2.23. The number of aromatic nitrogens is 1. The van der Waals surface area contributed by atoms with Crippen molar-refractivity contribution in [2.45, 2.75) is 19.6 Å². The summed E-state index contributed by atoms with van der Waals surface area (Å²) in [5, 5.41) is 0. The van der Waals surface area contributed by atoms with Crippen LogP contribution in [0.2, 0.25) is 0 Å². The molecule has 134 valence electrons. The van der Waals surface area contributed by atoms with Crippen LogP contribution in [0.4, 0.5) is 5.69 Å². The Morgan fingerprint density at radius 3 is 2.85 bits per heavy atom. The van der Waals surface area contributed by atoms with Crippen molar-refractivity contribution >= 4 is 5.69 Å². The van der Waals surface area contributed by atoms with Gasteiger partial charge in [0.05, 0.1) is 13.7 Å². The molecule has 2 heterocycles. The molecule has 0 radical (unpaired) electrons. The fraction of sp³-hybridized carbons (Fsp3) is 0.273. The molecule has 26 heavy (non-hydrogen) atoms. The summed E-state index contributed by atoms with van der Waals surface area (Å²) in [6.45, 7) is 3.78. The Labute approximate surface area is 154 Å². The van der Waals surface area contributed by atoms with Gasteiger partial charge in [0.1, 0.15) is 5.75 Å². The molecule has 0 saturated carbocycles. The summed E-state index contributed by atoms with van der Waals surface area (Å²) in [5.74, 6) is 0.864. The average Bonchev–Trinajstić information content (AvgIpc) is 3.37. The molecule has 4 heteroatoms. The molecule has 3 aromatic rings. The maximum Gasteiger partial charge on any atom is 0.158 e. The minimum atomic E-state index is -0.0721. The number of methoxy groups -OCH3 is 1. The first kappa shape index (κ1) is 16.7. The Morgan fingerprint density at radius 1 is 1.12 bits per heavy atom. The van der Waals surface area contributed by atoms with E-state index in [4.69, 9.17) is 9.47 Å². The monoisotopic (exact) mass is 348 g/mol. The number of benzene rings is 2. The van der Waals surface area contributed by atoms with E-state index in [1.54, 1.807) is 7.11 Å². The number of nitrogens with zero attached hydrogens (tertiary/aromatic N) is 2. The largest absolute Gasteiger partial charge is 0.497 e. The van der Waals surface area contributed by atoms with Crippen LogP contribution in [-0.4, -0.2) is 24.8 Å². The average molecular weight is 348 g/mol. The molecule has 0 unspecified atom stereocenters. The molecular formula is C22H24N2O2. The van der Waals surface area contributed by atoms with Gasteiger partial charge in [-0.3, -0.25) is 0 Å². The Balaban J connectivity index is 1.64. The molecule has 0 spiro atoms. The van der Waals surface area contributed by atoms with Crippen LogP contribution in [0.3, 0.4) is 0 Å². The van der Waals surface area contributed by atoms with Gasteiger partial charge in [-0.15, -0.1) is 0 Å². The predicted octanol–water partition coefficient (Wildman–Crippen LogP) is 4.58. The van der Waals surface area contributed by atoms with E-state index < -0.39 is 0 Å². The molecule has 2 aromatic carbocycles. The van der Waals surface area contributed by atoms with Gasteiger partial charge in [-0.25, -0.2) is 0 Å². The summed E-state index contributed by atoms with van der Waals surface area (Å²) in [5.41, 5.74) is 4.85. The number of para-hydroxylation sites is 1. The standard InChI is InChI=1S/C22H24N2O2/c1-3-17-7-4-5-10-21(17)23-12-11-18(16-23)22-24(13-14-26-22)19-8-6-9-20(15-19)25-2/h4-12,15-16,22H,3,13-14H2,1-2H3/t22-/m1/s1. The van der Waals surface area contributed by atoms with Crippen LogP contribution in [0.1, 0.15) is 24.3 Å². The minimum absolute atomic E-state index is 0.0721. The van der Waals surface area contributed by atoms with E-state index in [2.05, 4.69) is 71.2 Å². The highest BCUT2D eigenvalue weighted by Gasteiger charge is 2.28. The van der Waals surface area contributed by atoms with Crippen molar-refractivity contribution in [3.63, 3.8) is 0 Å². The van der Waals surface area contributed by atoms with Crippen molar-refractivity contribution in [2.75, 3.05) is 25.2 Å². The molecule has 1 saturated heterocycles. The number of ether oxygens (including phenoxy) is 2. The first-order valence-corrected chi connectivity index (χ1v) is 9.08. The zero-order valence-electron chi connectivity index (χ0n) is 15.3. The smallest absolute Gasteiger partial charge is 0.158 e. The Bertz CT molecular complexity index is 887. The van der Waals surface area contributed by atoms with Gasteiger partial charge in [0.2, 0.25) is 0 Å². The number of anilines is 1. The fourth-order valence-corrected chi connectivity index (χ4v) is 3.57. The van der Waals surface area contributed by atoms with E-state index in [-0.39, 0.29) is 6.23 Å². The second-order valence-corrected chi connectivity index (χ2v) is 6.45. The minimum Gasteiger partial charge on any atom is -0.497 e. The third-order valence-electron chi connectivity index (χ3n) is 4.93. The maximum absolute atomic E-state index is 6.06. The van der Waals surface area contributed by atoms with Gasteiger partial charge < -0.3 is 18.9 Å². The lowest BCUT2D eigenvalue weighted by atomic mass is 10.1. The van der Waals surface area contributed by atoms with E-state index in [0.29, 0.717) is 0 Å². The van der Waals surface area contributed by atoms with Crippen LogP contribution < -0.4 is 9.64 Å². The van der Waals surface area contributed by atoms with E-state index in [9.17, 15) is 0 Å². The topological polar surface area (TPSA) is 26.6 Å². The molecule has 1 aromatic heterocycles. The lowest BCUT2D eigenvalue weighted by Gasteiger charge is -2.25. The van der Waals surface area contributed by atoms with Crippen LogP contribution in [0.15, 0.2) is 67.0 Å². The van der Waals surface area contributed by atoms with E-state index in [0.717, 1.165) is 36.6 Å². The quantitative estimate of drug-likeness (QED) is 0.675. The third-order valence-corrected chi connectivity index (χ3v) is 4.93. The summed E-state index contributed by atoms with van der Waals surface area (Å²) in [7, 11) is 1.70. The first-order valence-electron chi connectivity index (χ1n) is 9.08. The summed E-state index contributed by atoms with van der Waals surface area (Å²) in [6, 6.07) is 18.8. The van der Waals surface area contributed by atoms with Gasteiger partial charge >= 0.3 is 0 Å². The Kier molecular flexibility index (Phi) is 4.67. The zero-order valence-corrected chi connectivity index (χ0v) is 15.3. The van der Waals surface area contributed by atoms with E-state index in [1.165, 1.54) is 11.3 Å². The molecule has 0 N–H and O–H groups in total. The van der Waals surface area contributed by atoms with Gasteiger partial charge in [0.15, 0.2) is 6.23 Å². The van der Waals surface area contributed by atoms with Crippen LogP contribution in [0, 0.1) is 0 Å². The summed E-state index contributed by atoms with van der Waals surface area (Å²) in [4.78, 5) is 2.29.